The summed E-state index contributed by atoms with van der Waals surface area (Å²) in [6, 6.07) is 8.46. The average Bonchev–Trinajstić information content (AvgIpc) is 3.16. The highest BCUT2D eigenvalue weighted by molar-refractivity contribution is 7.91. The van der Waals surface area contributed by atoms with Crippen LogP contribution in [0.4, 0.5) is 0 Å². The Morgan fingerprint density at radius 3 is 2.75 bits per heavy atom. The molecular weight excluding hydrogens is 424 g/mol. The lowest BCUT2D eigenvalue weighted by atomic mass is 10.2. The van der Waals surface area contributed by atoms with Crippen molar-refractivity contribution in [2.24, 2.45) is 0 Å². The Morgan fingerprint density at radius 1 is 1.29 bits per heavy atom. The second-order valence-electron chi connectivity index (χ2n) is 6.21. The molecule has 0 bridgehead atoms. The number of amides is 1. The molecule has 1 aliphatic heterocycles. The molecule has 0 aliphatic carbocycles. The zero-order chi connectivity index (χ0) is 20.1. The molecule has 1 saturated heterocycles. The highest BCUT2D eigenvalue weighted by atomic mass is 35.5. The lowest BCUT2D eigenvalue weighted by Gasteiger charge is -2.25. The molecule has 0 atom stereocenters. The SMILES string of the molecule is Cc1cc(Cl)ccc1OCC(=O)NCc1ccc(S(=O)(=O)N2CCOCC2)s1. The molecule has 1 aromatic heterocycles. The number of ether oxygens (including phenoxy) is 2. The molecule has 3 rings (SSSR count). The molecule has 1 aromatic carbocycles. The largest absolute Gasteiger partial charge is 0.484 e. The number of rotatable bonds is 7. The van der Waals surface area contributed by atoms with Gasteiger partial charge in [-0.15, -0.1) is 11.3 Å². The molecule has 2 heterocycles. The molecule has 0 unspecified atom stereocenters. The molecule has 1 N–H and O–H groups in total. The van der Waals surface area contributed by atoms with E-state index in [0.29, 0.717) is 37.1 Å². The third kappa shape index (κ3) is 5.24. The number of sulfonamides is 1. The summed E-state index contributed by atoms with van der Waals surface area (Å²) < 4.78 is 37.6. The van der Waals surface area contributed by atoms with Gasteiger partial charge in [-0.2, -0.15) is 4.31 Å². The van der Waals surface area contributed by atoms with Crippen LogP contribution in [0.5, 0.6) is 5.75 Å². The van der Waals surface area contributed by atoms with Gasteiger partial charge in [-0.05, 0) is 42.8 Å². The fourth-order valence-corrected chi connectivity index (χ4v) is 5.75. The number of nitrogens with one attached hydrogen (secondary N) is 1. The van der Waals surface area contributed by atoms with Gasteiger partial charge in [-0.25, -0.2) is 8.42 Å². The molecule has 0 radical (unpaired) electrons. The van der Waals surface area contributed by atoms with Gasteiger partial charge < -0.3 is 14.8 Å². The van der Waals surface area contributed by atoms with Gasteiger partial charge in [-0.1, -0.05) is 11.6 Å². The summed E-state index contributed by atoms with van der Waals surface area (Å²) in [7, 11) is -3.51. The topological polar surface area (TPSA) is 84.9 Å². The third-order valence-electron chi connectivity index (χ3n) is 4.16. The van der Waals surface area contributed by atoms with E-state index in [4.69, 9.17) is 21.1 Å². The van der Waals surface area contributed by atoms with E-state index in [1.54, 1.807) is 30.3 Å². The standard InChI is InChI=1S/C18H21ClN2O5S2/c1-13-10-14(19)2-4-16(13)26-12-17(22)20-11-15-3-5-18(27-15)28(23,24)21-6-8-25-9-7-21/h2-5,10H,6-9,11-12H2,1H3,(H,20,22). The van der Waals surface area contributed by atoms with Crippen LogP contribution in [0.25, 0.3) is 0 Å². The fraction of sp³-hybridized carbons (Fsp3) is 0.389. The summed E-state index contributed by atoms with van der Waals surface area (Å²) in [5.41, 5.74) is 0.844. The van der Waals surface area contributed by atoms with E-state index >= 15 is 0 Å². The van der Waals surface area contributed by atoms with Crippen molar-refractivity contribution in [3.05, 3.63) is 45.8 Å². The van der Waals surface area contributed by atoms with Crippen molar-refractivity contribution in [1.82, 2.24) is 9.62 Å². The maximum Gasteiger partial charge on any atom is 0.258 e. The number of aryl methyl sites for hydroxylation is 1. The molecular formula is C18H21ClN2O5S2. The molecule has 28 heavy (non-hydrogen) atoms. The van der Waals surface area contributed by atoms with Crippen molar-refractivity contribution in [3.63, 3.8) is 0 Å². The molecule has 2 aromatic rings. The monoisotopic (exact) mass is 444 g/mol. The van der Waals surface area contributed by atoms with Gasteiger partial charge in [0.15, 0.2) is 6.61 Å². The van der Waals surface area contributed by atoms with Gasteiger partial charge in [-0.3, -0.25) is 4.79 Å². The van der Waals surface area contributed by atoms with Crippen LogP contribution >= 0.6 is 22.9 Å². The Morgan fingerprint density at radius 2 is 2.04 bits per heavy atom. The number of carbonyl (C=O) groups excluding carboxylic acids is 1. The van der Waals surface area contributed by atoms with E-state index < -0.39 is 10.0 Å². The van der Waals surface area contributed by atoms with Gasteiger partial charge >= 0.3 is 0 Å². The first-order chi connectivity index (χ1) is 13.4. The minimum atomic E-state index is -3.51. The summed E-state index contributed by atoms with van der Waals surface area (Å²) in [6.45, 7) is 3.47. The molecule has 1 amide bonds. The molecule has 0 saturated carbocycles. The summed E-state index contributed by atoms with van der Waals surface area (Å²) in [5, 5.41) is 3.34. The zero-order valence-electron chi connectivity index (χ0n) is 15.3. The second-order valence-corrected chi connectivity index (χ2v) is 9.98. The van der Waals surface area contributed by atoms with Crippen molar-refractivity contribution >= 4 is 38.9 Å². The van der Waals surface area contributed by atoms with Crippen molar-refractivity contribution in [3.8, 4) is 5.75 Å². The summed E-state index contributed by atoms with van der Waals surface area (Å²) in [5.74, 6) is 0.301. The van der Waals surface area contributed by atoms with E-state index in [2.05, 4.69) is 5.32 Å². The van der Waals surface area contributed by atoms with Crippen LogP contribution in [0.1, 0.15) is 10.4 Å². The van der Waals surface area contributed by atoms with Gasteiger partial charge in [0.05, 0.1) is 19.8 Å². The average molecular weight is 445 g/mol. The Kier molecular flexibility index (Phi) is 6.95. The summed E-state index contributed by atoms with van der Waals surface area (Å²) in [6.07, 6.45) is 0. The van der Waals surface area contributed by atoms with Crippen LogP contribution in [-0.4, -0.2) is 51.5 Å². The first-order valence-corrected chi connectivity index (χ1v) is 11.3. The highest BCUT2D eigenvalue weighted by Crippen LogP contribution is 2.25. The minimum Gasteiger partial charge on any atom is -0.484 e. The first kappa shape index (κ1) is 21.1. The van der Waals surface area contributed by atoms with Crippen LogP contribution in [0, 0.1) is 6.92 Å². The molecule has 1 aliphatic rings. The molecule has 1 fully saturated rings. The van der Waals surface area contributed by atoms with Gasteiger partial charge in [0.25, 0.3) is 15.9 Å². The van der Waals surface area contributed by atoms with E-state index in [1.165, 1.54) is 4.31 Å². The normalized spacial score (nSPS) is 15.4. The number of hydrogen-bond donors (Lipinski definition) is 1. The molecule has 10 heteroatoms. The Balaban J connectivity index is 1.51. The number of benzene rings is 1. The molecule has 0 spiro atoms. The van der Waals surface area contributed by atoms with Crippen LogP contribution < -0.4 is 10.1 Å². The predicted octanol–water partition coefficient (Wildman–Crippen LogP) is 2.43. The van der Waals surface area contributed by atoms with Crippen molar-refractivity contribution < 1.29 is 22.7 Å². The molecule has 7 nitrogen and oxygen atoms in total. The Labute approximate surface area is 173 Å². The van der Waals surface area contributed by atoms with Gasteiger partial charge in [0.2, 0.25) is 0 Å². The van der Waals surface area contributed by atoms with Crippen molar-refractivity contribution in [2.75, 3.05) is 32.9 Å². The third-order valence-corrected chi connectivity index (χ3v) is 7.84. The Hall–Kier alpha value is -1.65. The van der Waals surface area contributed by atoms with E-state index in [0.717, 1.165) is 21.8 Å². The van der Waals surface area contributed by atoms with Crippen molar-refractivity contribution in [1.29, 1.82) is 0 Å². The smallest absolute Gasteiger partial charge is 0.258 e. The number of morpholine rings is 1. The predicted molar refractivity (Wildman–Crippen MR) is 107 cm³/mol. The van der Waals surface area contributed by atoms with Crippen LogP contribution in [-0.2, 0) is 26.1 Å². The van der Waals surface area contributed by atoms with Crippen LogP contribution in [0.3, 0.4) is 0 Å². The van der Waals surface area contributed by atoms with Gasteiger partial charge in [0, 0.05) is 23.0 Å². The maximum atomic E-state index is 12.6. The summed E-state index contributed by atoms with van der Waals surface area (Å²) in [4.78, 5) is 12.8. The molecule has 152 valence electrons. The zero-order valence-corrected chi connectivity index (χ0v) is 17.7. The highest BCUT2D eigenvalue weighted by Gasteiger charge is 2.27. The van der Waals surface area contributed by atoms with E-state index in [9.17, 15) is 13.2 Å². The van der Waals surface area contributed by atoms with E-state index in [1.807, 2.05) is 6.92 Å². The van der Waals surface area contributed by atoms with Crippen molar-refractivity contribution in [2.45, 2.75) is 17.7 Å². The quantitative estimate of drug-likeness (QED) is 0.708. The Bertz CT molecular complexity index is 939. The van der Waals surface area contributed by atoms with Gasteiger partial charge in [0.1, 0.15) is 9.96 Å². The minimum absolute atomic E-state index is 0.132. The number of thiophene rings is 1. The second kappa shape index (κ2) is 9.23. The lowest BCUT2D eigenvalue weighted by Crippen LogP contribution is -2.40. The van der Waals surface area contributed by atoms with Crippen LogP contribution in [0.15, 0.2) is 34.5 Å². The fourth-order valence-electron chi connectivity index (χ4n) is 2.66. The number of carbonyl (C=O) groups is 1. The van der Waals surface area contributed by atoms with E-state index in [-0.39, 0.29) is 23.3 Å². The lowest BCUT2D eigenvalue weighted by molar-refractivity contribution is -0.123. The maximum absolute atomic E-state index is 12.6. The number of hydrogen-bond acceptors (Lipinski definition) is 6. The first-order valence-electron chi connectivity index (χ1n) is 8.68. The summed E-state index contributed by atoms with van der Waals surface area (Å²) >= 11 is 7.05. The number of nitrogens with zero attached hydrogens (tertiary/aromatic N) is 1. The van der Waals surface area contributed by atoms with Crippen LogP contribution in [0.2, 0.25) is 5.02 Å². The number of halogens is 1.